The van der Waals surface area contributed by atoms with E-state index in [2.05, 4.69) is 26.0 Å². The Balaban J connectivity index is 1.47. The highest BCUT2D eigenvalue weighted by Crippen LogP contribution is 2.40. The minimum atomic E-state index is -0.804. The summed E-state index contributed by atoms with van der Waals surface area (Å²) in [4.78, 5) is 87.2. The molecule has 0 aromatic carbocycles. The van der Waals surface area contributed by atoms with Gasteiger partial charge in [-0.1, -0.05) is 6.07 Å². The first-order chi connectivity index (χ1) is 21.0. The van der Waals surface area contributed by atoms with Gasteiger partial charge in [0.25, 0.3) is 5.91 Å². The first-order valence-corrected chi connectivity index (χ1v) is 15.6. The van der Waals surface area contributed by atoms with Gasteiger partial charge in [-0.3, -0.25) is 33.7 Å². The van der Waals surface area contributed by atoms with Gasteiger partial charge in [-0.05, 0) is 31.3 Å². The van der Waals surface area contributed by atoms with Crippen molar-refractivity contribution in [3.63, 3.8) is 0 Å². The Morgan fingerprint density at radius 1 is 1.09 bits per heavy atom. The van der Waals surface area contributed by atoms with Crippen molar-refractivity contribution >= 4 is 64.6 Å². The maximum absolute atomic E-state index is 13.1. The minimum absolute atomic E-state index is 0.00469. The van der Waals surface area contributed by atoms with Gasteiger partial charge in [0.1, 0.15) is 30.3 Å². The summed E-state index contributed by atoms with van der Waals surface area (Å²) in [5, 5.41) is 11.8. The molecule has 0 bridgehead atoms. The minimum Gasteiger partial charge on any atom is -0.468 e. The van der Waals surface area contributed by atoms with E-state index >= 15 is 0 Å². The van der Waals surface area contributed by atoms with Crippen molar-refractivity contribution in [2.24, 2.45) is 0 Å². The number of fused-ring (bicyclic) bond motifs is 1. The number of carbonyl (C=O) groups excluding carboxylic acids is 7. The van der Waals surface area contributed by atoms with E-state index in [1.807, 2.05) is 17.5 Å². The van der Waals surface area contributed by atoms with E-state index in [4.69, 9.17) is 9.47 Å². The summed E-state index contributed by atoms with van der Waals surface area (Å²) in [6, 6.07) is 2.19. The molecule has 0 radical (unpaired) electrons. The zero-order valence-corrected chi connectivity index (χ0v) is 26.1. The van der Waals surface area contributed by atoms with Gasteiger partial charge in [0.15, 0.2) is 0 Å². The molecule has 0 aliphatic carbocycles. The molecule has 3 rings (SSSR count). The van der Waals surface area contributed by atoms with Gasteiger partial charge in [0.2, 0.25) is 17.7 Å². The first kappa shape index (κ1) is 34.5. The number of nitrogens with one attached hydrogen (secondary N) is 4. The van der Waals surface area contributed by atoms with Crippen LogP contribution in [0.4, 0.5) is 0 Å². The lowest BCUT2D eigenvalue weighted by molar-refractivity contribution is -0.153. The zero-order valence-electron chi connectivity index (χ0n) is 24.5. The Bertz CT molecular complexity index is 1290. The van der Waals surface area contributed by atoms with E-state index in [-0.39, 0.29) is 50.9 Å². The summed E-state index contributed by atoms with van der Waals surface area (Å²) >= 11 is 2.78. The predicted octanol–water partition coefficient (Wildman–Crippen LogP) is -1.18. The number of amides is 4. The van der Waals surface area contributed by atoms with E-state index < -0.39 is 53.1 Å². The summed E-state index contributed by atoms with van der Waals surface area (Å²) in [6.45, 7) is 2.25. The van der Waals surface area contributed by atoms with Gasteiger partial charge in [0, 0.05) is 23.1 Å². The quantitative estimate of drug-likeness (QED) is 0.0723. The van der Waals surface area contributed by atoms with E-state index in [1.54, 1.807) is 6.92 Å². The van der Waals surface area contributed by atoms with Crippen molar-refractivity contribution in [3.8, 4) is 0 Å². The highest BCUT2D eigenvalue weighted by Gasteiger charge is 2.54. The maximum Gasteiger partial charge on any atom is 0.355 e. The van der Waals surface area contributed by atoms with Crippen LogP contribution in [-0.2, 0) is 54.2 Å². The predicted molar refractivity (Wildman–Crippen MR) is 158 cm³/mol. The molecule has 0 spiro atoms. The largest absolute Gasteiger partial charge is 0.468 e. The van der Waals surface area contributed by atoms with Crippen molar-refractivity contribution in [1.82, 2.24) is 26.2 Å². The summed E-state index contributed by atoms with van der Waals surface area (Å²) in [5.41, 5.74) is 0.414. The van der Waals surface area contributed by atoms with E-state index in [1.165, 1.54) is 42.0 Å². The second kappa shape index (κ2) is 16.8. The van der Waals surface area contributed by atoms with Crippen LogP contribution in [0.15, 0.2) is 28.8 Å². The monoisotopic (exact) mass is 653 g/mol. The molecule has 4 N–H and O–H groups in total. The van der Waals surface area contributed by atoms with Crippen LogP contribution in [0.2, 0.25) is 0 Å². The molecule has 1 fully saturated rings. The number of ether oxygens (including phenoxy) is 3. The summed E-state index contributed by atoms with van der Waals surface area (Å²) in [7, 11) is 1.19. The van der Waals surface area contributed by atoms with Crippen LogP contribution in [-0.4, -0.2) is 110 Å². The second-order valence-electron chi connectivity index (χ2n) is 9.68. The molecule has 3 atom stereocenters. The Kier molecular flexibility index (Phi) is 13.2. The Morgan fingerprint density at radius 2 is 1.86 bits per heavy atom. The summed E-state index contributed by atoms with van der Waals surface area (Å²) in [5.74, 6) is -3.41. The molecule has 240 valence electrons. The van der Waals surface area contributed by atoms with Gasteiger partial charge in [-0.15, -0.1) is 23.1 Å². The van der Waals surface area contributed by atoms with Crippen LogP contribution >= 0.6 is 23.1 Å². The molecule has 2 aliphatic heterocycles. The van der Waals surface area contributed by atoms with E-state index in [0.29, 0.717) is 17.7 Å². The lowest BCUT2D eigenvalue weighted by Gasteiger charge is -2.49. The third-order valence-electron chi connectivity index (χ3n) is 6.40. The van der Waals surface area contributed by atoms with Gasteiger partial charge in [-0.2, -0.15) is 0 Å². The van der Waals surface area contributed by atoms with Crippen LogP contribution in [0.5, 0.6) is 0 Å². The number of esters is 3. The molecule has 1 aromatic heterocycles. The standard InChI is InChI=1S/C27H35N5O10S2/c1-15(24(37)30-11-20(35)29-12-21(36)40-3)28-7-5-8-41-27(39)23-17(13-42-16(2)33)14-44-26-22(25(38)32(23)26)31-19(34)10-18-6-4-9-43-18/h4,6,9,15,22,26,28H,5,7-8,10-14H2,1-3H3,(H,29,35)(H,30,37)(H,31,34)/t15?,22-,26-/m1/s1. The average molecular weight is 654 g/mol. The Morgan fingerprint density at radius 3 is 2.55 bits per heavy atom. The molecule has 0 saturated carbocycles. The fourth-order valence-electron chi connectivity index (χ4n) is 4.11. The van der Waals surface area contributed by atoms with Crippen LogP contribution < -0.4 is 21.3 Å². The van der Waals surface area contributed by atoms with Gasteiger partial charge in [-0.25, -0.2) is 4.79 Å². The number of hydrogen-bond acceptors (Lipinski definition) is 13. The fourth-order valence-corrected chi connectivity index (χ4v) is 6.14. The normalized spacial score (nSPS) is 17.9. The van der Waals surface area contributed by atoms with Crippen LogP contribution in [0, 0.1) is 0 Å². The van der Waals surface area contributed by atoms with Crippen molar-refractivity contribution in [2.45, 2.75) is 44.1 Å². The van der Waals surface area contributed by atoms with Gasteiger partial charge < -0.3 is 35.5 Å². The fraction of sp³-hybridized carbons (Fsp3) is 0.519. The van der Waals surface area contributed by atoms with Crippen LogP contribution in [0.1, 0.15) is 25.1 Å². The number of nitrogens with zero attached hydrogens (tertiary/aromatic N) is 1. The van der Waals surface area contributed by atoms with E-state index in [0.717, 1.165) is 4.88 Å². The number of thioether (sulfide) groups is 1. The number of carbonyl (C=O) groups is 7. The molecule has 1 aromatic rings. The number of methoxy groups -OCH3 is 1. The number of thiophene rings is 1. The molecule has 15 nitrogen and oxygen atoms in total. The molecule has 4 amide bonds. The van der Waals surface area contributed by atoms with E-state index in [9.17, 15) is 33.6 Å². The van der Waals surface area contributed by atoms with Crippen LogP contribution in [0.25, 0.3) is 0 Å². The summed E-state index contributed by atoms with van der Waals surface area (Å²) in [6.07, 6.45) is 0.463. The van der Waals surface area contributed by atoms with Gasteiger partial charge in [0.05, 0.1) is 32.7 Å². The SMILES string of the molecule is COC(=O)CNC(=O)CNC(=O)C(C)NCCCOC(=O)C1=C(COC(C)=O)CS[C@@H]2[C@H](NC(=O)Cc3cccs3)C(=O)N12. The second-order valence-corrected chi connectivity index (χ2v) is 11.8. The highest BCUT2D eigenvalue weighted by atomic mass is 32.2. The zero-order chi connectivity index (χ0) is 32.2. The molecular formula is C27H35N5O10S2. The molecule has 1 saturated heterocycles. The molecule has 17 heteroatoms. The maximum atomic E-state index is 13.1. The number of rotatable bonds is 16. The average Bonchev–Trinajstić information content (AvgIpc) is 3.51. The lowest BCUT2D eigenvalue weighted by atomic mass is 10.0. The summed E-state index contributed by atoms with van der Waals surface area (Å²) < 4.78 is 14.9. The van der Waals surface area contributed by atoms with Crippen molar-refractivity contribution in [2.75, 3.05) is 45.7 Å². The topological polar surface area (TPSA) is 199 Å². The third-order valence-corrected chi connectivity index (χ3v) is 8.62. The van der Waals surface area contributed by atoms with Crippen molar-refractivity contribution in [3.05, 3.63) is 33.7 Å². The van der Waals surface area contributed by atoms with Crippen LogP contribution in [0.3, 0.4) is 0 Å². The lowest BCUT2D eigenvalue weighted by Crippen LogP contribution is -2.70. The third kappa shape index (κ3) is 9.78. The Labute approximate surface area is 261 Å². The molecule has 1 unspecified atom stereocenters. The molecule has 2 aliphatic rings. The first-order valence-electron chi connectivity index (χ1n) is 13.6. The highest BCUT2D eigenvalue weighted by molar-refractivity contribution is 8.00. The molecular weight excluding hydrogens is 618 g/mol. The van der Waals surface area contributed by atoms with Crippen molar-refractivity contribution < 1.29 is 47.8 Å². The van der Waals surface area contributed by atoms with Crippen molar-refractivity contribution in [1.29, 1.82) is 0 Å². The molecule has 44 heavy (non-hydrogen) atoms. The molecule has 3 heterocycles. The number of hydrogen-bond donors (Lipinski definition) is 4. The van der Waals surface area contributed by atoms with Gasteiger partial charge >= 0.3 is 17.9 Å². The Hall–Kier alpha value is -3.96. The number of β-lactam (4-membered cyclic amide) rings is 1. The smallest absolute Gasteiger partial charge is 0.355 e.